The molecule has 2 heterocycles. The summed E-state index contributed by atoms with van der Waals surface area (Å²) < 4.78 is 50.4. The van der Waals surface area contributed by atoms with Gasteiger partial charge >= 0.3 is 11.7 Å². The molecule has 0 saturated heterocycles. The summed E-state index contributed by atoms with van der Waals surface area (Å²) in [6.45, 7) is 0.585. The van der Waals surface area contributed by atoms with Crippen LogP contribution in [0.15, 0.2) is 29.1 Å². The molecule has 0 amide bonds. The van der Waals surface area contributed by atoms with Crippen molar-refractivity contribution < 1.29 is 32.5 Å². The van der Waals surface area contributed by atoms with Gasteiger partial charge in [0.2, 0.25) is 0 Å². The van der Waals surface area contributed by atoms with E-state index in [-0.39, 0.29) is 49.8 Å². The molecule has 37 heavy (non-hydrogen) atoms. The van der Waals surface area contributed by atoms with E-state index in [1.54, 1.807) is 6.92 Å². The number of fused-ring (bicyclic) bond motifs is 1. The molecule has 194 valence electrons. The quantitative estimate of drug-likeness (QED) is 0.255. The van der Waals surface area contributed by atoms with Crippen molar-refractivity contribution in [2.45, 2.75) is 13.5 Å². The van der Waals surface area contributed by atoms with Crippen LogP contribution < -0.4 is 19.9 Å². The molecular formula is C23H18Cl2F2N4O6. The van der Waals surface area contributed by atoms with E-state index in [4.69, 9.17) is 37.4 Å². The fourth-order valence-corrected chi connectivity index (χ4v) is 3.94. The van der Waals surface area contributed by atoms with Crippen LogP contribution in [0.2, 0.25) is 10.2 Å². The van der Waals surface area contributed by atoms with Crippen LogP contribution >= 0.6 is 23.2 Å². The molecule has 0 spiro atoms. The molecule has 0 aliphatic rings. The minimum Gasteiger partial charge on any atom is -0.496 e. The number of nitrogens with one attached hydrogen (secondary N) is 1. The third kappa shape index (κ3) is 5.16. The summed E-state index contributed by atoms with van der Waals surface area (Å²) in [5, 5.41) is 0.0368. The minimum atomic E-state index is -1.17. The fourth-order valence-electron chi connectivity index (χ4n) is 3.44. The van der Waals surface area contributed by atoms with Crippen LogP contribution in [0, 0.1) is 18.6 Å². The molecule has 0 saturated carbocycles. The van der Waals surface area contributed by atoms with Crippen molar-refractivity contribution in [3.05, 3.63) is 67.9 Å². The summed E-state index contributed by atoms with van der Waals surface area (Å²) in [4.78, 5) is 35.3. The summed E-state index contributed by atoms with van der Waals surface area (Å²) in [5.74, 6) is -2.72. The zero-order valence-corrected chi connectivity index (χ0v) is 21.0. The van der Waals surface area contributed by atoms with Gasteiger partial charge in [-0.05, 0) is 19.1 Å². The predicted octanol–water partition coefficient (Wildman–Crippen LogP) is 4.14. The molecule has 0 aliphatic carbocycles. The lowest BCUT2D eigenvalue weighted by Crippen LogP contribution is -2.17. The largest absolute Gasteiger partial charge is 0.496 e. The summed E-state index contributed by atoms with van der Waals surface area (Å²) >= 11 is 12.6. The highest BCUT2D eigenvalue weighted by molar-refractivity contribution is 6.34. The first-order chi connectivity index (χ1) is 17.6. The molecule has 4 aromatic rings. The van der Waals surface area contributed by atoms with E-state index < -0.39 is 36.5 Å². The Bertz CT molecular complexity index is 1570. The van der Waals surface area contributed by atoms with Gasteiger partial charge in [-0.25, -0.2) is 32.9 Å². The number of esters is 1. The van der Waals surface area contributed by atoms with Crippen molar-refractivity contribution in [2.75, 3.05) is 20.8 Å². The Labute approximate surface area is 217 Å². The molecule has 4 rings (SSSR count). The van der Waals surface area contributed by atoms with Crippen LogP contribution in [0.3, 0.4) is 0 Å². The number of H-pyrrole nitrogens is 1. The van der Waals surface area contributed by atoms with Crippen molar-refractivity contribution >= 4 is 40.3 Å². The van der Waals surface area contributed by atoms with E-state index in [1.165, 1.54) is 32.4 Å². The maximum Gasteiger partial charge on any atom is 0.343 e. The molecule has 0 aliphatic heterocycles. The lowest BCUT2D eigenvalue weighted by atomic mass is 10.2. The van der Waals surface area contributed by atoms with Crippen molar-refractivity contribution in [1.82, 2.24) is 19.5 Å². The molecule has 0 fully saturated rings. The van der Waals surface area contributed by atoms with Crippen LogP contribution in [0.25, 0.3) is 16.9 Å². The molecule has 1 N–H and O–H groups in total. The fraction of sp³-hybridized carbons (Fsp3) is 0.217. The van der Waals surface area contributed by atoms with Crippen LogP contribution in [0.5, 0.6) is 17.2 Å². The number of benzene rings is 2. The van der Waals surface area contributed by atoms with E-state index in [0.717, 1.165) is 10.6 Å². The Morgan fingerprint density at radius 3 is 2.51 bits per heavy atom. The molecule has 0 unspecified atom stereocenters. The van der Waals surface area contributed by atoms with Crippen molar-refractivity contribution in [2.24, 2.45) is 0 Å². The van der Waals surface area contributed by atoms with Gasteiger partial charge in [0.1, 0.15) is 23.7 Å². The van der Waals surface area contributed by atoms with E-state index >= 15 is 0 Å². The van der Waals surface area contributed by atoms with Crippen molar-refractivity contribution in [3.63, 3.8) is 0 Å². The smallest absolute Gasteiger partial charge is 0.343 e. The number of aryl methyl sites for hydroxylation is 1. The van der Waals surface area contributed by atoms with Crippen LogP contribution in [0.1, 0.15) is 11.4 Å². The number of aromatic amines is 1. The molecule has 10 nitrogen and oxygen atoms in total. The normalized spacial score (nSPS) is 11.0. The van der Waals surface area contributed by atoms with Crippen LogP contribution in [-0.4, -0.2) is 46.3 Å². The molecule has 0 radical (unpaired) electrons. The second kappa shape index (κ2) is 10.6. The maximum absolute atomic E-state index is 14.5. The number of halogens is 4. The average molecular weight is 555 g/mol. The number of hydrogen-bond acceptors (Lipinski definition) is 8. The number of ether oxygens (including phenoxy) is 4. The second-order valence-corrected chi connectivity index (χ2v) is 8.24. The zero-order valence-electron chi connectivity index (χ0n) is 19.5. The highest BCUT2D eigenvalue weighted by Gasteiger charge is 2.22. The molecule has 0 atom stereocenters. The standard InChI is InChI=1S/C23H18Cl2F2N4O6/c1-10-28-21(25)20-22(29-10)31(23(33)30-20)14-7-17(16(6-12(14)24)37-9-18(32)35-3)36-8-11-15(34-2)5-4-13(26)19(11)27/h4-7H,8-9H2,1-3H3,(H,30,33). The number of carbonyl (C=O) groups is 1. The average Bonchev–Trinajstić information content (AvgIpc) is 3.19. The number of aromatic nitrogens is 4. The third-order valence-electron chi connectivity index (χ3n) is 5.18. The predicted molar refractivity (Wildman–Crippen MR) is 129 cm³/mol. The number of nitrogens with zero attached hydrogens (tertiary/aromatic N) is 3. The SMILES string of the molecule is COC(=O)COc1cc(Cl)c(-n2c(=O)[nH]c3c(Cl)nc(C)nc32)cc1OCc1c(OC)ccc(F)c1F. The zero-order chi connectivity index (χ0) is 26.9. The molecule has 2 aromatic carbocycles. The summed E-state index contributed by atoms with van der Waals surface area (Å²) in [7, 11) is 2.47. The first kappa shape index (κ1) is 26.2. The lowest BCUT2D eigenvalue weighted by Gasteiger charge is -2.17. The molecule has 2 aromatic heterocycles. The Morgan fingerprint density at radius 1 is 1.08 bits per heavy atom. The monoisotopic (exact) mass is 554 g/mol. The maximum atomic E-state index is 14.5. The number of hydrogen-bond donors (Lipinski definition) is 1. The van der Waals surface area contributed by atoms with Crippen molar-refractivity contribution in [3.8, 4) is 22.9 Å². The van der Waals surface area contributed by atoms with Gasteiger partial charge in [0.25, 0.3) is 0 Å². The number of methoxy groups -OCH3 is 2. The van der Waals surface area contributed by atoms with Gasteiger partial charge in [0.05, 0.1) is 30.5 Å². The van der Waals surface area contributed by atoms with Gasteiger partial charge in [-0.3, -0.25) is 0 Å². The first-order valence-corrected chi connectivity index (χ1v) is 11.2. The molecule has 0 bridgehead atoms. The van der Waals surface area contributed by atoms with E-state index in [0.29, 0.717) is 5.82 Å². The van der Waals surface area contributed by atoms with Crippen molar-refractivity contribution in [1.29, 1.82) is 0 Å². The Balaban J connectivity index is 1.83. The van der Waals surface area contributed by atoms with E-state index in [9.17, 15) is 18.4 Å². The Morgan fingerprint density at radius 2 is 1.81 bits per heavy atom. The topological polar surface area (TPSA) is 118 Å². The molecular weight excluding hydrogens is 537 g/mol. The lowest BCUT2D eigenvalue weighted by molar-refractivity contribution is -0.142. The first-order valence-electron chi connectivity index (χ1n) is 10.5. The van der Waals surface area contributed by atoms with E-state index in [1.807, 2.05) is 0 Å². The van der Waals surface area contributed by atoms with Gasteiger partial charge in [0.15, 0.2) is 40.5 Å². The minimum absolute atomic E-state index is 0.0112. The second-order valence-electron chi connectivity index (χ2n) is 7.47. The van der Waals surface area contributed by atoms with Gasteiger partial charge < -0.3 is 23.9 Å². The highest BCUT2D eigenvalue weighted by atomic mass is 35.5. The summed E-state index contributed by atoms with van der Waals surface area (Å²) in [6, 6.07) is 4.77. The Kier molecular flexibility index (Phi) is 7.50. The van der Waals surface area contributed by atoms with Gasteiger partial charge in [-0.2, -0.15) is 0 Å². The highest BCUT2D eigenvalue weighted by Crippen LogP contribution is 2.37. The summed E-state index contributed by atoms with van der Waals surface area (Å²) in [5.41, 5.74) is -0.438. The number of rotatable bonds is 8. The molecule has 14 heteroatoms. The number of carbonyl (C=O) groups excluding carboxylic acids is 1. The summed E-state index contributed by atoms with van der Waals surface area (Å²) in [6.07, 6.45) is 0. The van der Waals surface area contributed by atoms with Gasteiger partial charge in [0, 0.05) is 12.1 Å². The third-order valence-corrected chi connectivity index (χ3v) is 5.75. The Hall–Kier alpha value is -3.90. The number of imidazole rings is 1. The van der Waals surface area contributed by atoms with E-state index in [2.05, 4.69) is 19.7 Å². The van der Waals surface area contributed by atoms with Crippen LogP contribution in [-0.2, 0) is 16.1 Å². The van der Waals surface area contributed by atoms with Crippen LogP contribution in [0.4, 0.5) is 8.78 Å². The van der Waals surface area contributed by atoms with Gasteiger partial charge in [-0.15, -0.1) is 0 Å². The van der Waals surface area contributed by atoms with Gasteiger partial charge in [-0.1, -0.05) is 23.2 Å².